The van der Waals surface area contributed by atoms with E-state index < -0.39 is 0 Å². The predicted octanol–water partition coefficient (Wildman–Crippen LogP) is 5.64. The van der Waals surface area contributed by atoms with Gasteiger partial charge in [-0.15, -0.1) is 0 Å². The van der Waals surface area contributed by atoms with Crippen LogP contribution in [-0.2, 0) is 0 Å². The third kappa shape index (κ3) is 5.04. The van der Waals surface area contributed by atoms with E-state index in [0.29, 0.717) is 21.9 Å². The van der Waals surface area contributed by atoms with Crippen molar-refractivity contribution in [3.05, 3.63) is 70.5 Å². The monoisotopic (exact) mass is 434 g/mol. The van der Waals surface area contributed by atoms with E-state index in [0.717, 1.165) is 29.0 Å². The summed E-state index contributed by atoms with van der Waals surface area (Å²) in [6.45, 7) is 2.94. The molecule has 1 N–H and O–H groups in total. The summed E-state index contributed by atoms with van der Waals surface area (Å²) in [4.78, 5) is 20.1. The second-order valence-corrected chi connectivity index (χ2v) is 7.86. The molecule has 2 aromatic heterocycles. The van der Waals surface area contributed by atoms with Crippen LogP contribution in [0.1, 0.15) is 51.0 Å². The lowest BCUT2D eigenvalue weighted by Crippen LogP contribution is -2.17. The summed E-state index contributed by atoms with van der Waals surface area (Å²) in [6.07, 6.45) is 10.3. The average molecular weight is 435 g/mol. The summed E-state index contributed by atoms with van der Waals surface area (Å²) in [5, 5.41) is 4.81. The van der Waals surface area contributed by atoms with E-state index in [1.165, 1.54) is 50.6 Å². The van der Waals surface area contributed by atoms with Crippen molar-refractivity contribution in [3.63, 3.8) is 0 Å². The van der Waals surface area contributed by atoms with Crippen molar-refractivity contribution in [1.82, 2.24) is 14.6 Å². The Balaban J connectivity index is 1.39. The molecule has 0 atom stereocenters. The number of hydrogen-bond donors (Lipinski definition) is 1. The lowest BCUT2D eigenvalue weighted by molar-refractivity contribution is 0.304. The molecule has 6 nitrogen and oxygen atoms in total. The maximum atomic E-state index is 13.5. The molecule has 0 saturated carbocycles. The van der Waals surface area contributed by atoms with Crippen LogP contribution < -0.4 is 10.3 Å². The van der Waals surface area contributed by atoms with E-state index >= 15 is 0 Å². The summed E-state index contributed by atoms with van der Waals surface area (Å²) < 4.78 is 20.5. The van der Waals surface area contributed by atoms with Crippen LogP contribution in [0.15, 0.2) is 58.7 Å². The van der Waals surface area contributed by atoms with Crippen molar-refractivity contribution < 1.29 is 9.13 Å². The molecule has 2 aromatic carbocycles. The minimum Gasteiger partial charge on any atom is -0.494 e. The smallest absolute Gasteiger partial charge is 0.298 e. The Morgan fingerprint density at radius 2 is 1.88 bits per heavy atom. The molecule has 0 unspecified atom stereocenters. The number of rotatable bonds is 10. The van der Waals surface area contributed by atoms with Crippen LogP contribution >= 0.6 is 0 Å². The average Bonchev–Trinajstić information content (AvgIpc) is 3.17. The summed E-state index contributed by atoms with van der Waals surface area (Å²) in [7, 11) is 0. The SMILES string of the molecule is CCCCCCCCOc1ccc(C=Nn2cnc3c([nH]c4ccc(F)cc43)c2=O)cc1. The number of H-pyrrole nitrogens is 1. The van der Waals surface area contributed by atoms with Gasteiger partial charge in [0.05, 0.1) is 12.8 Å². The molecule has 4 aromatic rings. The van der Waals surface area contributed by atoms with Crippen LogP contribution in [-0.4, -0.2) is 27.5 Å². The van der Waals surface area contributed by atoms with E-state index in [-0.39, 0.29) is 11.4 Å². The highest BCUT2D eigenvalue weighted by Crippen LogP contribution is 2.22. The van der Waals surface area contributed by atoms with Crippen LogP contribution in [0.4, 0.5) is 4.39 Å². The third-order valence-electron chi connectivity index (χ3n) is 5.43. The minimum atomic E-state index is -0.373. The number of halogens is 1. The van der Waals surface area contributed by atoms with Crippen molar-refractivity contribution in [1.29, 1.82) is 0 Å². The number of nitrogens with one attached hydrogen (secondary N) is 1. The molecule has 0 spiro atoms. The summed E-state index contributed by atoms with van der Waals surface area (Å²) >= 11 is 0. The van der Waals surface area contributed by atoms with Crippen molar-refractivity contribution in [2.75, 3.05) is 6.61 Å². The Labute approximate surface area is 185 Å². The number of benzene rings is 2. The molecule has 0 saturated heterocycles. The molecular formula is C25H27FN4O2. The number of fused-ring (bicyclic) bond motifs is 3. The minimum absolute atomic E-state index is 0.295. The highest BCUT2D eigenvalue weighted by molar-refractivity contribution is 6.04. The quantitative estimate of drug-likeness (QED) is 0.259. The Morgan fingerprint density at radius 1 is 1.09 bits per heavy atom. The lowest BCUT2D eigenvalue weighted by Gasteiger charge is -2.06. The zero-order valence-corrected chi connectivity index (χ0v) is 18.2. The number of hydrogen-bond acceptors (Lipinski definition) is 4. The fourth-order valence-electron chi connectivity index (χ4n) is 3.65. The van der Waals surface area contributed by atoms with Gasteiger partial charge in [-0.2, -0.15) is 9.78 Å². The normalized spacial score (nSPS) is 11.7. The van der Waals surface area contributed by atoms with E-state index in [2.05, 4.69) is 22.0 Å². The van der Waals surface area contributed by atoms with Gasteiger partial charge < -0.3 is 9.72 Å². The van der Waals surface area contributed by atoms with Crippen LogP contribution in [0.5, 0.6) is 5.75 Å². The van der Waals surface area contributed by atoms with Crippen molar-refractivity contribution >= 4 is 28.2 Å². The highest BCUT2D eigenvalue weighted by atomic mass is 19.1. The lowest BCUT2D eigenvalue weighted by atomic mass is 10.1. The molecule has 0 aliphatic carbocycles. The molecule has 0 radical (unpaired) electrons. The molecule has 0 amide bonds. The molecule has 166 valence electrons. The van der Waals surface area contributed by atoms with Crippen LogP contribution in [0.2, 0.25) is 0 Å². The largest absolute Gasteiger partial charge is 0.494 e. The fraction of sp³-hybridized carbons (Fsp3) is 0.320. The van der Waals surface area contributed by atoms with Gasteiger partial charge in [-0.1, -0.05) is 39.0 Å². The van der Waals surface area contributed by atoms with E-state index in [1.807, 2.05) is 24.3 Å². The molecule has 4 rings (SSSR count). The molecule has 32 heavy (non-hydrogen) atoms. The molecule has 7 heteroatoms. The Hall–Kier alpha value is -3.48. The van der Waals surface area contributed by atoms with Gasteiger partial charge in [-0.3, -0.25) is 4.79 Å². The van der Waals surface area contributed by atoms with Gasteiger partial charge in [0.25, 0.3) is 5.56 Å². The van der Waals surface area contributed by atoms with E-state index in [1.54, 1.807) is 12.3 Å². The van der Waals surface area contributed by atoms with Crippen molar-refractivity contribution in [2.24, 2.45) is 5.10 Å². The maximum Gasteiger partial charge on any atom is 0.298 e. The second kappa shape index (κ2) is 10.2. The van der Waals surface area contributed by atoms with E-state index in [4.69, 9.17) is 4.74 Å². The summed E-state index contributed by atoms with van der Waals surface area (Å²) in [5.74, 6) is 0.447. The molecule has 0 fully saturated rings. The molecule has 2 heterocycles. The first-order valence-corrected chi connectivity index (χ1v) is 11.1. The van der Waals surface area contributed by atoms with Crippen molar-refractivity contribution in [3.8, 4) is 5.75 Å². The third-order valence-corrected chi connectivity index (χ3v) is 5.43. The maximum absolute atomic E-state index is 13.5. The first-order valence-electron chi connectivity index (χ1n) is 11.1. The van der Waals surface area contributed by atoms with Crippen LogP contribution in [0, 0.1) is 5.82 Å². The van der Waals surface area contributed by atoms with Crippen LogP contribution in [0.3, 0.4) is 0 Å². The highest BCUT2D eigenvalue weighted by Gasteiger charge is 2.11. The fourth-order valence-corrected chi connectivity index (χ4v) is 3.65. The Morgan fingerprint density at radius 3 is 2.69 bits per heavy atom. The standard InChI is InChI=1S/C25H27FN4O2/c1-2-3-4-5-6-7-14-32-20-11-8-18(9-12-20)16-28-30-17-27-23-21-15-19(26)10-13-22(21)29-24(23)25(30)31/h8-13,15-17,29H,2-7,14H2,1H3. The van der Waals surface area contributed by atoms with Gasteiger partial charge in [0.15, 0.2) is 0 Å². The first-order chi connectivity index (χ1) is 15.7. The summed E-state index contributed by atoms with van der Waals surface area (Å²) in [6, 6.07) is 11.9. The van der Waals surface area contributed by atoms with Gasteiger partial charge in [0.1, 0.15) is 28.9 Å². The molecule has 0 aliphatic heterocycles. The first kappa shape index (κ1) is 21.7. The number of unbranched alkanes of at least 4 members (excludes halogenated alkanes) is 5. The Bertz CT molecular complexity index is 1280. The predicted molar refractivity (Wildman–Crippen MR) is 126 cm³/mol. The van der Waals surface area contributed by atoms with E-state index in [9.17, 15) is 9.18 Å². The van der Waals surface area contributed by atoms with Gasteiger partial charge in [-0.25, -0.2) is 9.37 Å². The zero-order valence-electron chi connectivity index (χ0n) is 18.2. The molecule has 0 bridgehead atoms. The second-order valence-electron chi connectivity index (χ2n) is 7.86. The topological polar surface area (TPSA) is 72.3 Å². The summed E-state index contributed by atoms with van der Waals surface area (Å²) in [5.41, 5.74) is 1.88. The number of ether oxygens (including phenoxy) is 1. The van der Waals surface area contributed by atoms with Gasteiger partial charge in [0.2, 0.25) is 0 Å². The Kier molecular flexibility index (Phi) is 6.94. The van der Waals surface area contributed by atoms with Gasteiger partial charge in [0, 0.05) is 10.9 Å². The molecular weight excluding hydrogens is 407 g/mol. The number of aromatic amines is 1. The number of aromatic nitrogens is 3. The van der Waals surface area contributed by atoms with Crippen molar-refractivity contribution in [2.45, 2.75) is 45.4 Å². The van der Waals surface area contributed by atoms with Gasteiger partial charge >= 0.3 is 0 Å². The molecule has 0 aliphatic rings. The number of nitrogens with zero attached hydrogens (tertiary/aromatic N) is 3. The zero-order chi connectivity index (χ0) is 22.3. The van der Waals surface area contributed by atoms with Gasteiger partial charge in [-0.05, 0) is 54.4 Å². The van der Waals surface area contributed by atoms with Crippen LogP contribution in [0.25, 0.3) is 21.9 Å².